The van der Waals surface area contributed by atoms with E-state index in [9.17, 15) is 5.11 Å². The van der Waals surface area contributed by atoms with Gasteiger partial charge in [0, 0.05) is 23.7 Å². The third-order valence-electron chi connectivity index (χ3n) is 3.01. The second kappa shape index (κ2) is 7.38. The van der Waals surface area contributed by atoms with Crippen LogP contribution in [-0.4, -0.2) is 22.7 Å². The summed E-state index contributed by atoms with van der Waals surface area (Å²) in [5.41, 5.74) is 1.24. The molecule has 0 aliphatic heterocycles. The van der Waals surface area contributed by atoms with Crippen molar-refractivity contribution in [2.24, 2.45) is 0 Å². The Bertz CT molecular complexity index is 484. The monoisotopic (exact) mass is 276 g/mol. The Hall–Kier alpha value is -1.23. The van der Waals surface area contributed by atoms with Crippen molar-refractivity contribution < 1.29 is 5.11 Å². The molecule has 19 heavy (non-hydrogen) atoms. The number of hydrogen-bond acceptors (Lipinski definition) is 4. The van der Waals surface area contributed by atoms with Crippen LogP contribution in [-0.2, 0) is 19.4 Å². The number of nitrogens with zero attached hydrogens (tertiary/aromatic N) is 1. The van der Waals surface area contributed by atoms with Crippen LogP contribution in [0.25, 0.3) is 0 Å². The van der Waals surface area contributed by atoms with Crippen molar-refractivity contribution in [2.75, 3.05) is 6.61 Å². The van der Waals surface area contributed by atoms with Gasteiger partial charge >= 0.3 is 0 Å². The summed E-state index contributed by atoms with van der Waals surface area (Å²) in [6, 6.07) is 10.3. The third kappa shape index (κ3) is 4.42. The lowest BCUT2D eigenvalue weighted by atomic mass is 10.1. The average molecular weight is 276 g/mol. The number of thiazole rings is 1. The molecule has 0 saturated carbocycles. The minimum absolute atomic E-state index is 0.0922. The number of aromatic nitrogens is 1. The molecule has 1 aromatic carbocycles. The molecule has 1 aromatic heterocycles. The van der Waals surface area contributed by atoms with Gasteiger partial charge in [0.15, 0.2) is 0 Å². The normalized spacial score (nSPS) is 12.5. The molecule has 0 aliphatic rings. The van der Waals surface area contributed by atoms with Crippen LogP contribution in [0.1, 0.15) is 22.4 Å². The molecule has 1 heterocycles. The fourth-order valence-corrected chi connectivity index (χ4v) is 2.75. The van der Waals surface area contributed by atoms with Crippen molar-refractivity contribution in [1.82, 2.24) is 10.3 Å². The van der Waals surface area contributed by atoms with Crippen molar-refractivity contribution in [3.63, 3.8) is 0 Å². The van der Waals surface area contributed by atoms with Gasteiger partial charge in [-0.05, 0) is 18.4 Å². The highest BCUT2D eigenvalue weighted by atomic mass is 32.1. The molecule has 0 bridgehead atoms. The maximum atomic E-state index is 9.44. The van der Waals surface area contributed by atoms with Crippen molar-refractivity contribution in [1.29, 1.82) is 0 Å². The largest absolute Gasteiger partial charge is 0.395 e. The zero-order valence-electron chi connectivity index (χ0n) is 11.2. The predicted octanol–water partition coefficient (Wildman–Crippen LogP) is 2.40. The van der Waals surface area contributed by atoms with Gasteiger partial charge in [0.05, 0.1) is 11.6 Å². The quantitative estimate of drug-likeness (QED) is 0.816. The van der Waals surface area contributed by atoms with Crippen molar-refractivity contribution in [2.45, 2.75) is 32.4 Å². The molecule has 2 N–H and O–H groups in total. The van der Waals surface area contributed by atoms with Crippen molar-refractivity contribution in [3.8, 4) is 0 Å². The summed E-state index contributed by atoms with van der Waals surface area (Å²) < 4.78 is 0. The van der Waals surface area contributed by atoms with E-state index in [2.05, 4.69) is 29.4 Å². The number of rotatable bonds is 7. The van der Waals surface area contributed by atoms with Crippen LogP contribution in [0.4, 0.5) is 0 Å². The first-order chi connectivity index (χ1) is 9.31. The van der Waals surface area contributed by atoms with Gasteiger partial charge in [-0.25, -0.2) is 4.98 Å². The molecule has 102 valence electrons. The summed E-state index contributed by atoms with van der Waals surface area (Å²) in [6.45, 7) is 3.03. The highest BCUT2D eigenvalue weighted by Gasteiger charge is 2.09. The first kappa shape index (κ1) is 14.2. The van der Waals surface area contributed by atoms with Crippen LogP contribution in [0.5, 0.6) is 0 Å². The minimum Gasteiger partial charge on any atom is -0.395 e. The smallest absolute Gasteiger partial charge is 0.0925 e. The average Bonchev–Trinajstić information content (AvgIpc) is 2.92. The second-order valence-electron chi connectivity index (χ2n) is 4.52. The van der Waals surface area contributed by atoms with Gasteiger partial charge in [0.25, 0.3) is 0 Å². The SMILES string of the molecule is CCc1ncc(CN[C@H](CO)Cc2ccccc2)s1. The molecule has 3 nitrogen and oxygen atoms in total. The summed E-state index contributed by atoms with van der Waals surface area (Å²) in [4.78, 5) is 5.56. The van der Waals surface area contributed by atoms with E-state index in [4.69, 9.17) is 0 Å². The molecule has 0 radical (unpaired) electrons. The Morgan fingerprint density at radius 1 is 1.32 bits per heavy atom. The van der Waals surface area contributed by atoms with E-state index >= 15 is 0 Å². The van der Waals surface area contributed by atoms with Crippen LogP contribution in [0.2, 0.25) is 0 Å². The lowest BCUT2D eigenvalue weighted by Gasteiger charge is -2.15. The number of benzene rings is 1. The van der Waals surface area contributed by atoms with Gasteiger partial charge in [0.2, 0.25) is 0 Å². The molecule has 4 heteroatoms. The zero-order valence-corrected chi connectivity index (χ0v) is 12.0. The Balaban J connectivity index is 1.85. The Kier molecular flexibility index (Phi) is 5.51. The maximum absolute atomic E-state index is 9.44. The van der Waals surface area contributed by atoms with E-state index in [-0.39, 0.29) is 12.6 Å². The maximum Gasteiger partial charge on any atom is 0.0925 e. The van der Waals surface area contributed by atoms with Crippen molar-refractivity contribution in [3.05, 3.63) is 52.0 Å². The summed E-state index contributed by atoms with van der Waals surface area (Å²) in [5.74, 6) is 0. The summed E-state index contributed by atoms with van der Waals surface area (Å²) in [5, 5.41) is 14.0. The molecular formula is C15H20N2OS. The fourth-order valence-electron chi connectivity index (χ4n) is 1.94. The van der Waals surface area contributed by atoms with Crippen LogP contribution in [0.15, 0.2) is 36.5 Å². The summed E-state index contributed by atoms with van der Waals surface area (Å²) in [6.07, 6.45) is 3.75. The number of nitrogens with one attached hydrogen (secondary N) is 1. The first-order valence-electron chi connectivity index (χ1n) is 6.63. The number of aryl methyl sites for hydroxylation is 1. The lowest BCUT2D eigenvalue weighted by molar-refractivity contribution is 0.241. The molecule has 0 fully saturated rings. The number of hydrogen-bond donors (Lipinski definition) is 2. The van der Waals surface area contributed by atoms with Crippen LogP contribution >= 0.6 is 11.3 Å². The molecule has 0 unspecified atom stereocenters. The summed E-state index contributed by atoms with van der Waals surface area (Å²) >= 11 is 1.74. The molecule has 0 amide bonds. The predicted molar refractivity (Wildman–Crippen MR) is 79.4 cm³/mol. The standard InChI is InChI=1S/C15H20N2OS/c1-2-15-17-10-14(19-15)9-16-13(11-18)8-12-6-4-3-5-7-12/h3-7,10,13,16,18H,2,8-9,11H2,1H3/t13-/m0/s1. The van der Waals surface area contributed by atoms with Gasteiger partial charge < -0.3 is 10.4 Å². The van der Waals surface area contributed by atoms with E-state index in [0.29, 0.717) is 0 Å². The fraction of sp³-hybridized carbons (Fsp3) is 0.400. The minimum atomic E-state index is 0.0922. The van der Waals surface area contributed by atoms with Crippen LogP contribution in [0.3, 0.4) is 0 Å². The molecule has 0 spiro atoms. The zero-order chi connectivity index (χ0) is 13.5. The number of aliphatic hydroxyl groups excluding tert-OH is 1. The van der Waals surface area contributed by atoms with Crippen molar-refractivity contribution >= 4 is 11.3 Å². The second-order valence-corrected chi connectivity index (χ2v) is 5.72. The molecule has 0 aliphatic carbocycles. The van der Waals surface area contributed by atoms with E-state index in [0.717, 1.165) is 19.4 Å². The molecule has 2 aromatic rings. The van der Waals surface area contributed by atoms with Gasteiger partial charge in [-0.3, -0.25) is 0 Å². The summed E-state index contributed by atoms with van der Waals surface area (Å²) in [7, 11) is 0. The van der Waals surface area contributed by atoms with Gasteiger partial charge in [-0.15, -0.1) is 11.3 Å². The van der Waals surface area contributed by atoms with E-state index in [1.165, 1.54) is 15.4 Å². The van der Waals surface area contributed by atoms with E-state index < -0.39 is 0 Å². The van der Waals surface area contributed by atoms with Gasteiger partial charge in [0.1, 0.15) is 0 Å². The van der Waals surface area contributed by atoms with Gasteiger partial charge in [-0.1, -0.05) is 37.3 Å². The van der Waals surface area contributed by atoms with E-state index in [1.807, 2.05) is 24.4 Å². The first-order valence-corrected chi connectivity index (χ1v) is 7.45. The van der Waals surface area contributed by atoms with Crippen LogP contribution in [0, 0.1) is 0 Å². The Morgan fingerprint density at radius 2 is 2.11 bits per heavy atom. The molecule has 1 atom stereocenters. The molecule has 2 rings (SSSR count). The highest BCUT2D eigenvalue weighted by Crippen LogP contribution is 2.13. The third-order valence-corrected chi connectivity index (χ3v) is 4.16. The highest BCUT2D eigenvalue weighted by molar-refractivity contribution is 7.11. The van der Waals surface area contributed by atoms with Crippen LogP contribution < -0.4 is 5.32 Å². The van der Waals surface area contributed by atoms with Gasteiger partial charge in [-0.2, -0.15) is 0 Å². The molecule has 0 saturated heterocycles. The number of aliphatic hydroxyl groups is 1. The van der Waals surface area contributed by atoms with E-state index in [1.54, 1.807) is 11.3 Å². The molecular weight excluding hydrogens is 256 g/mol. The Morgan fingerprint density at radius 3 is 2.74 bits per heavy atom. The Labute approximate surface area is 118 Å². The lowest BCUT2D eigenvalue weighted by Crippen LogP contribution is -2.33. The topological polar surface area (TPSA) is 45.2 Å².